The van der Waals surface area contributed by atoms with Gasteiger partial charge in [0.1, 0.15) is 0 Å². The highest BCUT2D eigenvalue weighted by atomic mass is 16.5. The van der Waals surface area contributed by atoms with Crippen molar-refractivity contribution >= 4 is 22.8 Å². The Morgan fingerprint density at radius 1 is 1.26 bits per heavy atom. The maximum absolute atomic E-state index is 13.0. The molecule has 0 N–H and O–H groups in total. The lowest BCUT2D eigenvalue weighted by molar-refractivity contribution is -0.138. The molecule has 1 aromatic heterocycles. The topological polar surface area (TPSA) is 68.7 Å². The van der Waals surface area contributed by atoms with Gasteiger partial charge in [-0.25, -0.2) is 4.79 Å². The van der Waals surface area contributed by atoms with Gasteiger partial charge >= 0.3 is 5.97 Å². The van der Waals surface area contributed by atoms with E-state index >= 15 is 0 Å². The predicted molar refractivity (Wildman–Crippen MR) is 101 cm³/mol. The zero-order valence-corrected chi connectivity index (χ0v) is 15.6. The summed E-state index contributed by atoms with van der Waals surface area (Å²) in [7, 11) is 0. The van der Waals surface area contributed by atoms with Gasteiger partial charge in [0.25, 0.3) is 5.91 Å². The summed E-state index contributed by atoms with van der Waals surface area (Å²) in [6.07, 6.45) is 2.76. The van der Waals surface area contributed by atoms with Crippen LogP contribution in [0.2, 0.25) is 0 Å². The number of hydrogen-bond donors (Lipinski definition) is 0. The normalized spacial score (nSPS) is 19.6. The maximum Gasteiger partial charge on any atom is 0.339 e. The Morgan fingerprint density at radius 3 is 2.85 bits per heavy atom. The van der Waals surface area contributed by atoms with Crippen LogP contribution in [0.5, 0.6) is 0 Å². The fourth-order valence-corrected chi connectivity index (χ4v) is 3.90. The third kappa shape index (κ3) is 3.67. The third-order valence-corrected chi connectivity index (χ3v) is 5.40. The molecule has 1 saturated heterocycles. The fourth-order valence-electron chi connectivity index (χ4n) is 3.90. The smallest absolute Gasteiger partial charge is 0.339 e. The number of carbonyl (C=O) groups is 2. The second kappa shape index (κ2) is 7.64. The van der Waals surface area contributed by atoms with Crippen LogP contribution in [0.25, 0.3) is 10.9 Å². The van der Waals surface area contributed by atoms with Gasteiger partial charge in [-0.2, -0.15) is 0 Å². The molecular formula is C21H24N2O4. The van der Waals surface area contributed by atoms with Gasteiger partial charge in [-0.05, 0) is 36.8 Å². The molecule has 1 aliphatic carbocycles. The average molecular weight is 368 g/mol. The molecule has 0 spiro atoms. The number of hydrogen-bond acceptors (Lipinski definition) is 5. The number of ether oxygens (including phenoxy) is 2. The molecule has 1 aliphatic heterocycles. The standard InChI is InChI=1S/C21H24N2O4/c1-14-6-7-18-16(12-14)20(15-4-2-3-5-17(15)22-18)21(25)27-13-19(24)23-8-10-26-11-9-23/h2-5,14H,6-13H2,1H3/t14-/m0/s1. The number of esters is 1. The molecule has 4 rings (SSSR count). The van der Waals surface area contributed by atoms with Gasteiger partial charge in [0, 0.05) is 24.2 Å². The summed E-state index contributed by atoms with van der Waals surface area (Å²) in [5, 5.41) is 0.800. The van der Waals surface area contributed by atoms with Crippen LogP contribution in [0.1, 0.15) is 35.0 Å². The minimum absolute atomic E-state index is 0.174. The second-order valence-electron chi connectivity index (χ2n) is 7.35. The van der Waals surface area contributed by atoms with Crippen molar-refractivity contribution in [2.24, 2.45) is 5.92 Å². The summed E-state index contributed by atoms with van der Waals surface area (Å²) in [6.45, 7) is 4.10. The van der Waals surface area contributed by atoms with Crippen LogP contribution in [0, 0.1) is 5.92 Å². The van der Waals surface area contributed by atoms with E-state index in [2.05, 4.69) is 6.92 Å². The van der Waals surface area contributed by atoms with E-state index in [1.54, 1.807) is 4.90 Å². The Labute approximate surface area is 158 Å². The van der Waals surface area contributed by atoms with Gasteiger partial charge in [0.15, 0.2) is 6.61 Å². The minimum Gasteiger partial charge on any atom is -0.452 e. The summed E-state index contributed by atoms with van der Waals surface area (Å²) < 4.78 is 10.7. The Balaban J connectivity index is 1.60. The first-order chi connectivity index (χ1) is 13.1. The summed E-state index contributed by atoms with van der Waals surface area (Å²) in [6, 6.07) is 7.65. The zero-order chi connectivity index (χ0) is 18.8. The van der Waals surface area contributed by atoms with Gasteiger partial charge in [-0.1, -0.05) is 25.1 Å². The molecule has 6 heteroatoms. The molecule has 2 aromatic rings. The van der Waals surface area contributed by atoms with E-state index in [1.165, 1.54) is 0 Å². The van der Waals surface area contributed by atoms with Gasteiger partial charge in [-0.3, -0.25) is 9.78 Å². The quantitative estimate of drug-likeness (QED) is 0.778. The van der Waals surface area contributed by atoms with E-state index in [0.29, 0.717) is 37.8 Å². The van der Waals surface area contributed by atoms with Crippen molar-refractivity contribution in [3.8, 4) is 0 Å². The SMILES string of the molecule is C[C@H]1CCc2nc3ccccc3c(C(=O)OCC(=O)N3CCOCC3)c2C1. The lowest BCUT2D eigenvalue weighted by Gasteiger charge is -2.27. The van der Waals surface area contributed by atoms with Crippen molar-refractivity contribution in [2.45, 2.75) is 26.2 Å². The molecule has 0 bridgehead atoms. The van der Waals surface area contributed by atoms with Gasteiger partial charge in [0.05, 0.1) is 24.3 Å². The Bertz CT molecular complexity index is 874. The molecule has 1 fully saturated rings. The number of aromatic nitrogens is 1. The third-order valence-electron chi connectivity index (χ3n) is 5.40. The highest BCUT2D eigenvalue weighted by molar-refractivity contribution is 6.05. The number of carbonyl (C=O) groups excluding carboxylic acids is 2. The molecule has 2 aliphatic rings. The molecule has 2 heterocycles. The van der Waals surface area contributed by atoms with E-state index in [1.807, 2.05) is 24.3 Å². The maximum atomic E-state index is 13.0. The van der Waals surface area contributed by atoms with Crippen LogP contribution in [0.3, 0.4) is 0 Å². The van der Waals surface area contributed by atoms with Crippen LogP contribution < -0.4 is 0 Å². The lowest BCUT2D eigenvalue weighted by Crippen LogP contribution is -2.42. The molecule has 1 aromatic carbocycles. The first kappa shape index (κ1) is 17.9. The number of nitrogens with zero attached hydrogens (tertiary/aromatic N) is 2. The minimum atomic E-state index is -0.430. The molecule has 1 atom stereocenters. The predicted octanol–water partition coefficient (Wildman–Crippen LogP) is 2.38. The van der Waals surface area contributed by atoms with Crippen molar-refractivity contribution in [1.82, 2.24) is 9.88 Å². The Kier molecular flexibility index (Phi) is 5.07. The summed E-state index contributed by atoms with van der Waals surface area (Å²) in [5.41, 5.74) is 3.35. The zero-order valence-electron chi connectivity index (χ0n) is 15.6. The van der Waals surface area contributed by atoms with E-state index < -0.39 is 5.97 Å². The van der Waals surface area contributed by atoms with E-state index in [0.717, 1.165) is 41.4 Å². The second-order valence-corrected chi connectivity index (χ2v) is 7.35. The summed E-state index contributed by atoms with van der Waals surface area (Å²) in [5.74, 6) is -0.102. The molecular weight excluding hydrogens is 344 g/mol. The van der Waals surface area contributed by atoms with Crippen LogP contribution in [-0.2, 0) is 27.1 Å². The summed E-state index contributed by atoms with van der Waals surface area (Å²) >= 11 is 0. The number of fused-ring (bicyclic) bond motifs is 2. The number of morpholine rings is 1. The molecule has 0 saturated carbocycles. The van der Waals surface area contributed by atoms with Crippen molar-refractivity contribution < 1.29 is 19.1 Å². The largest absolute Gasteiger partial charge is 0.452 e. The number of aryl methyl sites for hydroxylation is 1. The highest BCUT2D eigenvalue weighted by Crippen LogP contribution is 2.32. The first-order valence-corrected chi connectivity index (χ1v) is 9.56. The number of amides is 1. The highest BCUT2D eigenvalue weighted by Gasteiger charge is 2.27. The van der Waals surface area contributed by atoms with Crippen molar-refractivity contribution in [3.63, 3.8) is 0 Å². The van der Waals surface area contributed by atoms with Crippen molar-refractivity contribution in [2.75, 3.05) is 32.9 Å². The van der Waals surface area contributed by atoms with Gasteiger partial charge in [-0.15, -0.1) is 0 Å². The lowest BCUT2D eigenvalue weighted by atomic mass is 9.84. The van der Waals surface area contributed by atoms with E-state index in [-0.39, 0.29) is 12.5 Å². The van der Waals surface area contributed by atoms with E-state index in [9.17, 15) is 9.59 Å². The number of benzene rings is 1. The van der Waals surface area contributed by atoms with Crippen LogP contribution in [-0.4, -0.2) is 54.7 Å². The van der Waals surface area contributed by atoms with Crippen LogP contribution in [0.4, 0.5) is 0 Å². The molecule has 0 radical (unpaired) electrons. The first-order valence-electron chi connectivity index (χ1n) is 9.56. The van der Waals surface area contributed by atoms with Crippen molar-refractivity contribution in [1.29, 1.82) is 0 Å². The number of pyridine rings is 1. The molecule has 27 heavy (non-hydrogen) atoms. The summed E-state index contributed by atoms with van der Waals surface area (Å²) in [4.78, 5) is 31.7. The molecule has 1 amide bonds. The Morgan fingerprint density at radius 2 is 2.04 bits per heavy atom. The monoisotopic (exact) mass is 368 g/mol. The average Bonchev–Trinajstić information content (AvgIpc) is 2.70. The van der Waals surface area contributed by atoms with Crippen LogP contribution >= 0.6 is 0 Å². The molecule has 0 unspecified atom stereocenters. The number of para-hydroxylation sites is 1. The Hall–Kier alpha value is -2.47. The van der Waals surface area contributed by atoms with E-state index in [4.69, 9.17) is 14.5 Å². The molecule has 142 valence electrons. The fraction of sp³-hybridized carbons (Fsp3) is 0.476. The van der Waals surface area contributed by atoms with Gasteiger partial charge in [0.2, 0.25) is 0 Å². The number of rotatable bonds is 3. The van der Waals surface area contributed by atoms with Gasteiger partial charge < -0.3 is 14.4 Å². The molecule has 6 nitrogen and oxygen atoms in total. The van der Waals surface area contributed by atoms with Crippen LogP contribution in [0.15, 0.2) is 24.3 Å². The van der Waals surface area contributed by atoms with Crippen molar-refractivity contribution in [3.05, 3.63) is 41.1 Å².